The lowest BCUT2D eigenvalue weighted by Crippen LogP contribution is -2.29. The zero-order chi connectivity index (χ0) is 8.60. The maximum atomic E-state index is 11.5. The zero-order valence-corrected chi connectivity index (χ0v) is 7.60. The van der Waals surface area contributed by atoms with Gasteiger partial charge in [0.2, 0.25) is 5.91 Å². The van der Waals surface area contributed by atoms with E-state index < -0.39 is 0 Å². The van der Waals surface area contributed by atoms with Gasteiger partial charge in [-0.3, -0.25) is 4.79 Å². The number of nitrogens with zero attached hydrogens (tertiary/aromatic N) is 1. The molecule has 0 bridgehead atoms. The number of carbonyl (C=O) groups excluding carboxylic acids is 1. The fraction of sp³-hybridized carbons (Fsp3) is 0.889. The number of nitrogens with one attached hydrogen (secondary N) is 1. The molecule has 68 valence electrons. The van der Waals surface area contributed by atoms with Crippen LogP contribution in [0.4, 0.5) is 0 Å². The number of rotatable bonds is 1. The average molecular weight is 168 g/mol. The third-order valence-corrected chi connectivity index (χ3v) is 3.12. The molecular weight excluding hydrogens is 152 g/mol. The first-order chi connectivity index (χ1) is 5.76. The fourth-order valence-corrected chi connectivity index (χ4v) is 2.35. The number of carbonyl (C=O) groups is 1. The van der Waals surface area contributed by atoms with Gasteiger partial charge in [0.05, 0.1) is 0 Å². The van der Waals surface area contributed by atoms with Crippen LogP contribution in [0.5, 0.6) is 0 Å². The van der Waals surface area contributed by atoms with Gasteiger partial charge in [0, 0.05) is 31.5 Å². The van der Waals surface area contributed by atoms with E-state index in [0.29, 0.717) is 11.3 Å². The zero-order valence-electron chi connectivity index (χ0n) is 7.60. The third kappa shape index (κ3) is 1.12. The van der Waals surface area contributed by atoms with Crippen molar-refractivity contribution in [2.24, 2.45) is 5.41 Å². The summed E-state index contributed by atoms with van der Waals surface area (Å²) in [5.41, 5.74) is 0.299. The van der Waals surface area contributed by atoms with Crippen LogP contribution in [0.3, 0.4) is 0 Å². The lowest BCUT2D eigenvalue weighted by molar-refractivity contribution is -0.127. The Morgan fingerprint density at radius 2 is 2.50 bits per heavy atom. The van der Waals surface area contributed by atoms with Crippen molar-refractivity contribution in [2.75, 3.05) is 26.2 Å². The second-order valence-electron chi connectivity index (χ2n) is 4.01. The molecule has 0 radical (unpaired) electrons. The minimum Gasteiger partial charge on any atom is -0.342 e. The van der Waals surface area contributed by atoms with E-state index in [1.165, 1.54) is 6.42 Å². The molecule has 0 aliphatic carbocycles. The van der Waals surface area contributed by atoms with E-state index >= 15 is 0 Å². The largest absolute Gasteiger partial charge is 0.342 e. The van der Waals surface area contributed by atoms with Crippen LogP contribution in [0.1, 0.15) is 19.8 Å². The van der Waals surface area contributed by atoms with E-state index in [2.05, 4.69) is 12.2 Å². The van der Waals surface area contributed by atoms with Crippen molar-refractivity contribution in [1.29, 1.82) is 0 Å². The summed E-state index contributed by atoms with van der Waals surface area (Å²) < 4.78 is 0. The van der Waals surface area contributed by atoms with E-state index in [4.69, 9.17) is 0 Å². The fourth-order valence-electron chi connectivity index (χ4n) is 2.35. The summed E-state index contributed by atoms with van der Waals surface area (Å²) in [4.78, 5) is 13.4. The highest BCUT2D eigenvalue weighted by molar-refractivity contribution is 5.79. The van der Waals surface area contributed by atoms with Gasteiger partial charge in [-0.2, -0.15) is 0 Å². The third-order valence-electron chi connectivity index (χ3n) is 3.12. The minimum absolute atomic E-state index is 0.299. The first kappa shape index (κ1) is 8.05. The van der Waals surface area contributed by atoms with Crippen LogP contribution in [0, 0.1) is 5.41 Å². The summed E-state index contributed by atoms with van der Waals surface area (Å²) in [5, 5.41) is 3.34. The molecule has 1 atom stereocenters. The molecule has 1 N–H and O–H groups in total. The van der Waals surface area contributed by atoms with Crippen LogP contribution >= 0.6 is 0 Å². The van der Waals surface area contributed by atoms with Gasteiger partial charge in [0.1, 0.15) is 0 Å². The van der Waals surface area contributed by atoms with Crippen LogP contribution in [0.15, 0.2) is 0 Å². The molecule has 2 saturated heterocycles. The molecule has 3 heteroatoms. The smallest absolute Gasteiger partial charge is 0.223 e. The Kier molecular flexibility index (Phi) is 1.83. The molecule has 0 saturated carbocycles. The molecule has 0 aromatic rings. The molecule has 1 amide bonds. The van der Waals surface area contributed by atoms with Crippen LogP contribution in [-0.4, -0.2) is 37.0 Å². The summed E-state index contributed by atoms with van der Waals surface area (Å²) in [6.07, 6.45) is 1.95. The Labute approximate surface area is 73.1 Å². The molecule has 2 rings (SSSR count). The molecule has 1 spiro atoms. The normalized spacial score (nSPS) is 35.4. The summed E-state index contributed by atoms with van der Waals surface area (Å²) in [6, 6.07) is 0. The molecule has 0 aromatic carbocycles. The number of hydrogen-bond donors (Lipinski definition) is 1. The van der Waals surface area contributed by atoms with E-state index in [9.17, 15) is 4.79 Å². The second kappa shape index (κ2) is 2.73. The maximum absolute atomic E-state index is 11.5. The van der Waals surface area contributed by atoms with Crippen molar-refractivity contribution in [2.45, 2.75) is 19.8 Å². The SMILES string of the molecule is CCN1CC2(CCNC2)CC1=O. The Morgan fingerprint density at radius 3 is 3.00 bits per heavy atom. The van der Waals surface area contributed by atoms with Crippen molar-refractivity contribution in [3.8, 4) is 0 Å². The summed E-state index contributed by atoms with van der Waals surface area (Å²) >= 11 is 0. The Balaban J connectivity index is 2.08. The molecular formula is C9H16N2O. The van der Waals surface area contributed by atoms with Crippen LogP contribution < -0.4 is 5.32 Å². The van der Waals surface area contributed by atoms with Gasteiger partial charge in [0.25, 0.3) is 0 Å². The second-order valence-corrected chi connectivity index (χ2v) is 4.01. The quantitative estimate of drug-likeness (QED) is 0.607. The van der Waals surface area contributed by atoms with Gasteiger partial charge >= 0.3 is 0 Å². The van der Waals surface area contributed by atoms with Crippen molar-refractivity contribution < 1.29 is 4.79 Å². The molecule has 2 aliphatic rings. The monoisotopic (exact) mass is 168 g/mol. The number of amides is 1. The molecule has 1 unspecified atom stereocenters. The van der Waals surface area contributed by atoms with Gasteiger partial charge in [-0.15, -0.1) is 0 Å². The molecule has 2 aliphatic heterocycles. The summed E-state index contributed by atoms with van der Waals surface area (Å²) in [5.74, 6) is 0.348. The molecule has 3 nitrogen and oxygen atoms in total. The number of hydrogen-bond acceptors (Lipinski definition) is 2. The van der Waals surface area contributed by atoms with Crippen LogP contribution in [0.25, 0.3) is 0 Å². The van der Waals surface area contributed by atoms with Gasteiger partial charge < -0.3 is 10.2 Å². The summed E-state index contributed by atoms with van der Waals surface area (Å²) in [6.45, 7) is 6.04. The maximum Gasteiger partial charge on any atom is 0.223 e. The lowest BCUT2D eigenvalue weighted by Gasteiger charge is -2.21. The summed E-state index contributed by atoms with van der Waals surface area (Å²) in [7, 11) is 0. The molecule has 2 fully saturated rings. The lowest BCUT2D eigenvalue weighted by atomic mass is 9.86. The van der Waals surface area contributed by atoms with Gasteiger partial charge in [0.15, 0.2) is 0 Å². The van der Waals surface area contributed by atoms with E-state index in [0.717, 1.165) is 32.6 Å². The predicted molar refractivity (Wildman–Crippen MR) is 46.8 cm³/mol. The van der Waals surface area contributed by atoms with Crippen LogP contribution in [0.2, 0.25) is 0 Å². The van der Waals surface area contributed by atoms with Crippen LogP contribution in [-0.2, 0) is 4.79 Å². The number of likely N-dealkylation sites (tertiary alicyclic amines) is 1. The van der Waals surface area contributed by atoms with E-state index in [-0.39, 0.29) is 0 Å². The molecule has 12 heavy (non-hydrogen) atoms. The minimum atomic E-state index is 0.299. The Bertz CT molecular complexity index is 197. The van der Waals surface area contributed by atoms with Gasteiger partial charge in [-0.25, -0.2) is 0 Å². The first-order valence-electron chi connectivity index (χ1n) is 4.74. The standard InChI is InChI=1S/C9H16N2O/c1-2-11-7-9(5-8(11)12)3-4-10-6-9/h10H,2-7H2,1H3. The Hall–Kier alpha value is -0.570. The molecule has 0 aromatic heterocycles. The van der Waals surface area contributed by atoms with E-state index in [1.54, 1.807) is 0 Å². The van der Waals surface area contributed by atoms with Crippen molar-refractivity contribution in [1.82, 2.24) is 10.2 Å². The highest BCUT2D eigenvalue weighted by Crippen LogP contribution is 2.36. The highest BCUT2D eigenvalue weighted by atomic mass is 16.2. The molecule has 2 heterocycles. The van der Waals surface area contributed by atoms with Gasteiger partial charge in [-0.1, -0.05) is 0 Å². The van der Waals surface area contributed by atoms with E-state index in [1.807, 2.05) is 4.90 Å². The average Bonchev–Trinajstić information content (AvgIpc) is 2.60. The predicted octanol–water partition coefficient (Wildman–Crippen LogP) is 0.218. The first-order valence-corrected chi connectivity index (χ1v) is 4.74. The van der Waals surface area contributed by atoms with Crippen molar-refractivity contribution in [3.63, 3.8) is 0 Å². The topological polar surface area (TPSA) is 32.3 Å². The Morgan fingerprint density at radius 1 is 1.67 bits per heavy atom. The van der Waals surface area contributed by atoms with Crippen molar-refractivity contribution >= 4 is 5.91 Å². The van der Waals surface area contributed by atoms with Crippen molar-refractivity contribution in [3.05, 3.63) is 0 Å². The highest BCUT2D eigenvalue weighted by Gasteiger charge is 2.44. The van der Waals surface area contributed by atoms with Gasteiger partial charge in [-0.05, 0) is 19.9 Å².